The maximum Gasteiger partial charge on any atom is 0.269 e. The van der Waals surface area contributed by atoms with Crippen LogP contribution in [-0.4, -0.2) is 10.8 Å². The van der Waals surface area contributed by atoms with Gasteiger partial charge in [-0.1, -0.05) is 15.9 Å². The van der Waals surface area contributed by atoms with Crippen molar-refractivity contribution >= 4 is 33.2 Å². The second kappa shape index (κ2) is 5.79. The average molecular weight is 339 g/mol. The second-order valence-corrected chi connectivity index (χ2v) is 4.80. The van der Waals surface area contributed by atoms with E-state index in [2.05, 4.69) is 21.2 Å². The minimum atomic E-state index is -0.654. The second-order valence-electron chi connectivity index (χ2n) is 3.88. The summed E-state index contributed by atoms with van der Waals surface area (Å²) in [6, 6.07) is 9.36. The van der Waals surface area contributed by atoms with Crippen molar-refractivity contribution in [2.24, 2.45) is 0 Å². The molecule has 5 nitrogen and oxygen atoms in total. The largest absolute Gasteiger partial charge is 0.322 e. The van der Waals surface area contributed by atoms with Gasteiger partial charge in [-0.2, -0.15) is 0 Å². The van der Waals surface area contributed by atoms with Crippen molar-refractivity contribution in [1.82, 2.24) is 0 Å². The molecular formula is C13H8BrFN2O3. The Bertz CT molecular complexity index is 674. The SMILES string of the molecule is O=C(Nc1ccc([N+](=O)[O-])cc1)c1ccc(Br)cc1F. The van der Waals surface area contributed by atoms with Gasteiger partial charge in [0.25, 0.3) is 11.6 Å². The van der Waals surface area contributed by atoms with Crippen molar-refractivity contribution in [1.29, 1.82) is 0 Å². The van der Waals surface area contributed by atoms with Gasteiger partial charge in [0.05, 0.1) is 10.5 Å². The van der Waals surface area contributed by atoms with Crippen LogP contribution < -0.4 is 5.32 Å². The molecule has 0 heterocycles. The molecule has 0 fully saturated rings. The first kappa shape index (κ1) is 14.1. The molecule has 0 unspecified atom stereocenters. The number of hydrogen-bond acceptors (Lipinski definition) is 3. The van der Waals surface area contributed by atoms with Crippen LogP contribution in [0.1, 0.15) is 10.4 Å². The van der Waals surface area contributed by atoms with E-state index < -0.39 is 16.6 Å². The smallest absolute Gasteiger partial charge is 0.269 e. The summed E-state index contributed by atoms with van der Waals surface area (Å²) in [4.78, 5) is 21.8. The molecule has 2 rings (SSSR count). The van der Waals surface area contributed by atoms with Crippen LogP contribution in [0.5, 0.6) is 0 Å². The molecule has 102 valence electrons. The maximum atomic E-state index is 13.6. The van der Waals surface area contributed by atoms with Gasteiger partial charge in [-0.15, -0.1) is 0 Å². The van der Waals surface area contributed by atoms with E-state index in [1.54, 1.807) is 6.07 Å². The highest BCUT2D eigenvalue weighted by atomic mass is 79.9. The third kappa shape index (κ3) is 3.18. The van der Waals surface area contributed by atoms with E-state index >= 15 is 0 Å². The summed E-state index contributed by atoms with van der Waals surface area (Å²) in [7, 11) is 0. The van der Waals surface area contributed by atoms with Gasteiger partial charge in [0.1, 0.15) is 5.82 Å². The zero-order valence-corrected chi connectivity index (χ0v) is 11.6. The predicted molar refractivity (Wildman–Crippen MR) is 75.1 cm³/mol. The fourth-order valence-electron chi connectivity index (χ4n) is 1.54. The molecule has 0 atom stereocenters. The number of amides is 1. The number of hydrogen-bond donors (Lipinski definition) is 1. The molecule has 0 radical (unpaired) electrons. The topological polar surface area (TPSA) is 72.2 Å². The highest BCUT2D eigenvalue weighted by Crippen LogP contribution is 2.19. The van der Waals surface area contributed by atoms with Crippen LogP contribution in [0, 0.1) is 15.9 Å². The van der Waals surface area contributed by atoms with Crippen LogP contribution in [0.15, 0.2) is 46.9 Å². The van der Waals surface area contributed by atoms with E-state index in [-0.39, 0.29) is 11.3 Å². The zero-order valence-electron chi connectivity index (χ0n) is 9.97. The van der Waals surface area contributed by atoms with Crippen LogP contribution in [0.2, 0.25) is 0 Å². The number of halogens is 2. The predicted octanol–water partition coefficient (Wildman–Crippen LogP) is 3.75. The highest BCUT2D eigenvalue weighted by molar-refractivity contribution is 9.10. The van der Waals surface area contributed by atoms with Crippen molar-refractivity contribution in [2.45, 2.75) is 0 Å². The summed E-state index contributed by atoms with van der Waals surface area (Å²) in [5.41, 5.74) is 0.160. The Morgan fingerprint density at radius 2 is 1.85 bits per heavy atom. The molecule has 20 heavy (non-hydrogen) atoms. The fourth-order valence-corrected chi connectivity index (χ4v) is 1.87. The standard InChI is InChI=1S/C13H8BrFN2O3/c14-8-1-6-11(12(15)7-8)13(18)16-9-2-4-10(5-3-9)17(19)20/h1-7H,(H,16,18). The average Bonchev–Trinajstić information content (AvgIpc) is 2.39. The van der Waals surface area contributed by atoms with Gasteiger partial charge in [-0.05, 0) is 30.3 Å². The molecule has 2 aromatic carbocycles. The summed E-state index contributed by atoms with van der Waals surface area (Å²) in [5.74, 6) is -1.28. The Morgan fingerprint density at radius 3 is 2.40 bits per heavy atom. The van der Waals surface area contributed by atoms with Crippen LogP contribution in [-0.2, 0) is 0 Å². The summed E-state index contributed by atoms with van der Waals surface area (Å²) >= 11 is 3.10. The first-order valence-electron chi connectivity index (χ1n) is 5.48. The monoisotopic (exact) mass is 338 g/mol. The highest BCUT2D eigenvalue weighted by Gasteiger charge is 2.12. The Morgan fingerprint density at radius 1 is 1.20 bits per heavy atom. The molecule has 7 heteroatoms. The van der Waals surface area contributed by atoms with Crippen LogP contribution >= 0.6 is 15.9 Å². The Hall–Kier alpha value is -2.28. The van der Waals surface area contributed by atoms with Crippen molar-refractivity contribution in [3.8, 4) is 0 Å². The zero-order chi connectivity index (χ0) is 14.7. The van der Waals surface area contributed by atoms with E-state index in [1.165, 1.54) is 36.4 Å². The number of nitrogens with one attached hydrogen (secondary N) is 1. The molecule has 0 saturated carbocycles. The van der Waals surface area contributed by atoms with Crippen LogP contribution in [0.3, 0.4) is 0 Å². The quantitative estimate of drug-likeness (QED) is 0.684. The third-order valence-corrected chi connectivity index (χ3v) is 3.01. The number of carbonyl (C=O) groups excluding carboxylic acids is 1. The van der Waals surface area contributed by atoms with Crippen molar-refractivity contribution in [2.75, 3.05) is 5.32 Å². The van der Waals surface area contributed by atoms with Gasteiger partial charge < -0.3 is 5.32 Å². The van der Waals surface area contributed by atoms with Gasteiger partial charge in [0.15, 0.2) is 0 Å². The molecule has 2 aromatic rings. The van der Waals surface area contributed by atoms with Crippen molar-refractivity contribution in [3.63, 3.8) is 0 Å². The summed E-state index contributed by atoms with van der Waals surface area (Å²) in [6.07, 6.45) is 0. The van der Waals surface area contributed by atoms with Gasteiger partial charge in [0.2, 0.25) is 0 Å². The van der Waals surface area contributed by atoms with Gasteiger partial charge in [0, 0.05) is 22.3 Å². The number of nitrogens with zero attached hydrogens (tertiary/aromatic N) is 1. The molecule has 0 aliphatic rings. The maximum absolute atomic E-state index is 13.6. The van der Waals surface area contributed by atoms with E-state index in [9.17, 15) is 19.3 Å². The van der Waals surface area contributed by atoms with E-state index in [4.69, 9.17) is 0 Å². The first-order chi connectivity index (χ1) is 9.47. The number of carbonyl (C=O) groups is 1. The Kier molecular flexibility index (Phi) is 4.09. The molecular weight excluding hydrogens is 331 g/mol. The molecule has 0 saturated heterocycles. The number of non-ortho nitro benzene ring substituents is 1. The minimum absolute atomic E-state index is 0.0854. The lowest BCUT2D eigenvalue weighted by molar-refractivity contribution is -0.384. The fraction of sp³-hybridized carbons (Fsp3) is 0. The molecule has 0 aromatic heterocycles. The summed E-state index contributed by atoms with van der Waals surface area (Å²) in [6.45, 7) is 0. The number of anilines is 1. The molecule has 1 amide bonds. The number of benzene rings is 2. The normalized spacial score (nSPS) is 10.1. The molecule has 0 aliphatic heterocycles. The lowest BCUT2D eigenvalue weighted by atomic mass is 10.2. The van der Waals surface area contributed by atoms with Crippen LogP contribution in [0.4, 0.5) is 15.8 Å². The van der Waals surface area contributed by atoms with Gasteiger partial charge >= 0.3 is 0 Å². The van der Waals surface area contributed by atoms with Crippen LogP contribution in [0.25, 0.3) is 0 Å². The molecule has 0 bridgehead atoms. The number of nitro benzene ring substituents is 1. The minimum Gasteiger partial charge on any atom is -0.322 e. The van der Waals surface area contributed by atoms with E-state index in [0.29, 0.717) is 10.2 Å². The lowest BCUT2D eigenvalue weighted by Crippen LogP contribution is -2.13. The summed E-state index contributed by atoms with van der Waals surface area (Å²) in [5, 5.41) is 13.0. The summed E-state index contributed by atoms with van der Waals surface area (Å²) < 4.78 is 14.1. The Labute approximate surface area is 121 Å². The van der Waals surface area contributed by atoms with Crippen molar-refractivity contribution < 1.29 is 14.1 Å². The number of nitro groups is 1. The molecule has 0 spiro atoms. The van der Waals surface area contributed by atoms with E-state index in [1.807, 2.05) is 0 Å². The van der Waals surface area contributed by atoms with E-state index in [0.717, 1.165) is 0 Å². The molecule has 1 N–H and O–H groups in total. The van der Waals surface area contributed by atoms with Gasteiger partial charge in [-0.3, -0.25) is 14.9 Å². The third-order valence-electron chi connectivity index (χ3n) is 2.51. The van der Waals surface area contributed by atoms with Gasteiger partial charge in [-0.25, -0.2) is 4.39 Å². The Balaban J connectivity index is 2.17. The number of rotatable bonds is 3. The lowest BCUT2D eigenvalue weighted by Gasteiger charge is -2.06. The molecule has 0 aliphatic carbocycles. The van der Waals surface area contributed by atoms with Crippen molar-refractivity contribution in [3.05, 3.63) is 68.4 Å². The first-order valence-corrected chi connectivity index (χ1v) is 6.27.